The number of aromatic nitrogens is 2. The van der Waals surface area contributed by atoms with E-state index >= 15 is 0 Å². The highest BCUT2D eigenvalue weighted by Crippen LogP contribution is 2.43. The van der Waals surface area contributed by atoms with Crippen molar-refractivity contribution >= 4 is 28.7 Å². The monoisotopic (exact) mass is 405 g/mol. The molecule has 0 bridgehead atoms. The molecular weight excluding hydrogens is 378 g/mol. The summed E-state index contributed by atoms with van der Waals surface area (Å²) in [7, 11) is 6.21. The quantitative estimate of drug-likeness (QED) is 0.656. The lowest BCUT2D eigenvalue weighted by atomic mass is 9.96. The topological polar surface area (TPSA) is 36.3 Å². The highest BCUT2D eigenvalue weighted by Gasteiger charge is 2.42. The third-order valence-electron chi connectivity index (χ3n) is 5.88. The number of rotatable bonds is 4. The summed E-state index contributed by atoms with van der Waals surface area (Å²) in [4.78, 5) is 8.97. The summed E-state index contributed by atoms with van der Waals surface area (Å²) in [6.45, 7) is 4.32. The average Bonchev–Trinajstić information content (AvgIpc) is 3.20. The first-order chi connectivity index (χ1) is 13.9. The Kier molecular flexibility index (Phi) is 5.04. The summed E-state index contributed by atoms with van der Waals surface area (Å²) in [6.07, 6.45) is 1.84. The van der Waals surface area contributed by atoms with Crippen molar-refractivity contribution < 1.29 is 0 Å². The molecule has 3 aromatic rings. The molecule has 0 radical (unpaired) electrons. The van der Waals surface area contributed by atoms with Crippen LogP contribution in [0.4, 0.5) is 11.4 Å². The molecule has 1 aliphatic rings. The Labute approximate surface area is 178 Å². The lowest BCUT2D eigenvalue weighted by Gasteiger charge is -2.28. The minimum Gasteiger partial charge on any atom is -0.378 e. The van der Waals surface area contributed by atoms with Crippen LogP contribution in [0, 0.1) is 13.8 Å². The number of hydrogen-bond acceptors (Lipinski definition) is 3. The molecule has 0 amide bonds. The Bertz CT molecular complexity index is 1020. The molecule has 29 heavy (non-hydrogen) atoms. The highest BCUT2D eigenvalue weighted by atomic mass is 32.1. The summed E-state index contributed by atoms with van der Waals surface area (Å²) >= 11 is 5.81. The molecule has 0 aliphatic carbocycles. The first-order valence-electron chi connectivity index (χ1n) is 9.79. The second-order valence-corrected chi connectivity index (χ2v) is 8.18. The van der Waals surface area contributed by atoms with Crippen LogP contribution in [0.15, 0.2) is 54.7 Å². The highest BCUT2D eigenvalue weighted by molar-refractivity contribution is 7.80. The molecule has 1 aliphatic heterocycles. The molecule has 1 aromatic carbocycles. The van der Waals surface area contributed by atoms with E-state index < -0.39 is 0 Å². The van der Waals surface area contributed by atoms with Gasteiger partial charge in [-0.05, 0) is 74.1 Å². The summed E-state index contributed by atoms with van der Waals surface area (Å²) in [6, 6.07) is 16.9. The van der Waals surface area contributed by atoms with Gasteiger partial charge >= 0.3 is 0 Å². The van der Waals surface area contributed by atoms with Gasteiger partial charge in [-0.25, -0.2) is 0 Å². The lowest BCUT2D eigenvalue weighted by molar-refractivity contribution is 0.564. The number of hydrogen-bond donors (Lipinski definition) is 1. The predicted molar refractivity (Wildman–Crippen MR) is 124 cm³/mol. The average molecular weight is 406 g/mol. The second kappa shape index (κ2) is 7.52. The summed E-state index contributed by atoms with van der Waals surface area (Å²) in [5, 5.41) is 4.26. The summed E-state index contributed by atoms with van der Waals surface area (Å²) < 4.78 is 2.24. The molecule has 2 aromatic heterocycles. The van der Waals surface area contributed by atoms with Crippen molar-refractivity contribution in [3.8, 4) is 0 Å². The van der Waals surface area contributed by atoms with Gasteiger partial charge in [-0.15, -0.1) is 0 Å². The van der Waals surface area contributed by atoms with E-state index in [1.165, 1.54) is 17.0 Å². The first kappa shape index (κ1) is 19.5. The van der Waals surface area contributed by atoms with Crippen LogP contribution in [0.5, 0.6) is 0 Å². The van der Waals surface area contributed by atoms with Crippen LogP contribution < -0.4 is 15.1 Å². The number of nitrogens with one attached hydrogen (secondary N) is 1. The minimum absolute atomic E-state index is 0.0160. The predicted octanol–water partition coefficient (Wildman–Crippen LogP) is 4.28. The Morgan fingerprint density at radius 3 is 2.34 bits per heavy atom. The molecule has 0 spiro atoms. The van der Waals surface area contributed by atoms with Crippen molar-refractivity contribution in [3.63, 3.8) is 0 Å². The molecule has 0 saturated carbocycles. The Balaban J connectivity index is 1.84. The summed E-state index contributed by atoms with van der Waals surface area (Å²) in [5.41, 5.74) is 6.99. The summed E-state index contributed by atoms with van der Waals surface area (Å²) in [5.74, 6) is 0. The molecule has 4 rings (SSSR count). The standard InChI is InChI=1S/C23H27N5S/c1-15-14-19(16(2)27(15)5)22-21(20-8-6-7-13-24-20)25-23(29)28(22)18-11-9-17(10-12-18)26(3)4/h6-14,21-22H,1-5H3,(H,25,29). The van der Waals surface area contributed by atoms with E-state index in [9.17, 15) is 0 Å². The molecule has 150 valence electrons. The third-order valence-corrected chi connectivity index (χ3v) is 6.19. The number of anilines is 2. The van der Waals surface area contributed by atoms with Crippen LogP contribution in [0.3, 0.4) is 0 Å². The molecule has 5 nitrogen and oxygen atoms in total. The van der Waals surface area contributed by atoms with Gasteiger partial charge in [0.2, 0.25) is 0 Å². The third kappa shape index (κ3) is 3.38. The fourth-order valence-corrected chi connectivity index (χ4v) is 4.39. The van der Waals surface area contributed by atoms with Crippen LogP contribution in [0.1, 0.15) is 34.7 Å². The van der Waals surface area contributed by atoms with E-state index in [0.717, 1.165) is 22.2 Å². The number of aryl methyl sites for hydroxylation is 1. The van der Waals surface area contributed by atoms with Crippen LogP contribution in [0.2, 0.25) is 0 Å². The van der Waals surface area contributed by atoms with Crippen LogP contribution in [0.25, 0.3) is 0 Å². The second-order valence-electron chi connectivity index (χ2n) is 7.79. The van der Waals surface area contributed by atoms with Gasteiger partial charge in [0.15, 0.2) is 5.11 Å². The van der Waals surface area contributed by atoms with Crippen LogP contribution >= 0.6 is 12.2 Å². The van der Waals surface area contributed by atoms with E-state index in [-0.39, 0.29) is 12.1 Å². The minimum atomic E-state index is -0.0160. The van der Waals surface area contributed by atoms with Crippen molar-refractivity contribution in [2.45, 2.75) is 25.9 Å². The molecule has 1 N–H and O–H groups in total. The largest absolute Gasteiger partial charge is 0.378 e. The molecule has 6 heteroatoms. The van der Waals surface area contributed by atoms with E-state index in [4.69, 9.17) is 12.2 Å². The maximum Gasteiger partial charge on any atom is 0.174 e. The van der Waals surface area contributed by atoms with E-state index in [1.807, 2.05) is 32.4 Å². The number of benzene rings is 1. The Hall–Kier alpha value is -2.86. The zero-order chi connectivity index (χ0) is 20.7. The normalized spacial score (nSPS) is 18.8. The Morgan fingerprint density at radius 1 is 1.07 bits per heavy atom. The molecule has 2 unspecified atom stereocenters. The van der Waals surface area contributed by atoms with Gasteiger partial charge in [-0.1, -0.05) is 6.07 Å². The number of thiocarbonyl (C=S) groups is 1. The number of nitrogens with zero attached hydrogens (tertiary/aromatic N) is 4. The maximum absolute atomic E-state index is 5.81. The van der Waals surface area contributed by atoms with Crippen molar-refractivity contribution in [2.75, 3.05) is 23.9 Å². The van der Waals surface area contributed by atoms with Gasteiger partial charge in [0.05, 0.1) is 17.8 Å². The zero-order valence-electron chi connectivity index (χ0n) is 17.5. The Morgan fingerprint density at radius 2 is 1.79 bits per heavy atom. The van der Waals surface area contributed by atoms with E-state index in [1.54, 1.807) is 0 Å². The van der Waals surface area contributed by atoms with Gasteiger partial charge in [0, 0.05) is 50.1 Å². The SMILES string of the molecule is Cc1cc(C2C(c3ccccn3)NC(=S)N2c2ccc(N(C)C)cc2)c(C)n1C. The molecule has 1 fully saturated rings. The lowest BCUT2D eigenvalue weighted by Crippen LogP contribution is -2.29. The van der Waals surface area contributed by atoms with Gasteiger partial charge in [-0.3, -0.25) is 4.98 Å². The van der Waals surface area contributed by atoms with Gasteiger partial charge in [0.25, 0.3) is 0 Å². The van der Waals surface area contributed by atoms with Gasteiger partial charge in [-0.2, -0.15) is 0 Å². The fraction of sp³-hybridized carbons (Fsp3) is 0.304. The molecular formula is C23H27N5S. The molecule has 3 heterocycles. The fourth-order valence-electron chi connectivity index (χ4n) is 4.04. The van der Waals surface area contributed by atoms with Crippen molar-refractivity contribution in [1.82, 2.24) is 14.9 Å². The first-order valence-corrected chi connectivity index (χ1v) is 10.2. The van der Waals surface area contributed by atoms with Gasteiger partial charge in [0.1, 0.15) is 0 Å². The molecule has 2 atom stereocenters. The van der Waals surface area contributed by atoms with E-state index in [0.29, 0.717) is 0 Å². The van der Waals surface area contributed by atoms with Crippen LogP contribution in [-0.2, 0) is 7.05 Å². The smallest absolute Gasteiger partial charge is 0.174 e. The van der Waals surface area contributed by atoms with E-state index in [2.05, 4.69) is 82.0 Å². The van der Waals surface area contributed by atoms with Crippen molar-refractivity contribution in [1.29, 1.82) is 0 Å². The van der Waals surface area contributed by atoms with Crippen LogP contribution in [-0.4, -0.2) is 28.8 Å². The van der Waals surface area contributed by atoms with Crippen molar-refractivity contribution in [2.24, 2.45) is 7.05 Å². The van der Waals surface area contributed by atoms with Crippen molar-refractivity contribution in [3.05, 3.63) is 77.4 Å². The zero-order valence-corrected chi connectivity index (χ0v) is 18.4. The van der Waals surface area contributed by atoms with Gasteiger partial charge < -0.3 is 19.7 Å². The maximum atomic E-state index is 5.81. The molecule has 1 saturated heterocycles. The number of pyridine rings is 1.